The average molecular weight is 444 g/mol. The number of thiazole rings is 1. The first-order valence-corrected chi connectivity index (χ1v) is 9.65. The second-order valence-corrected chi connectivity index (χ2v) is 7.93. The Bertz CT molecular complexity index is 1110. The fourth-order valence-electron chi connectivity index (χ4n) is 2.57. The number of nitrogens with zero attached hydrogens (tertiary/aromatic N) is 2. The summed E-state index contributed by atoms with van der Waals surface area (Å²) in [6.45, 7) is 1.74. The summed E-state index contributed by atoms with van der Waals surface area (Å²) in [5.74, 6) is -0.984. The highest BCUT2D eigenvalue weighted by atomic mass is 35.5. The van der Waals surface area contributed by atoms with Gasteiger partial charge in [-0.25, -0.2) is 0 Å². The highest BCUT2D eigenvalue weighted by Crippen LogP contribution is 2.27. The van der Waals surface area contributed by atoms with Gasteiger partial charge in [0.1, 0.15) is 6.54 Å². The van der Waals surface area contributed by atoms with Crippen molar-refractivity contribution in [2.75, 3.05) is 7.11 Å². The van der Waals surface area contributed by atoms with E-state index in [2.05, 4.69) is 4.99 Å². The number of fused-ring (bicyclic) bond motifs is 1. The molecule has 0 fully saturated rings. The van der Waals surface area contributed by atoms with E-state index in [1.165, 1.54) is 36.6 Å². The highest BCUT2D eigenvalue weighted by molar-refractivity contribution is 7.16. The lowest BCUT2D eigenvalue weighted by molar-refractivity contribution is -0.141. The summed E-state index contributed by atoms with van der Waals surface area (Å²) in [4.78, 5) is 29.0. The fourth-order valence-corrected chi connectivity index (χ4v) is 4.34. The Hall–Kier alpha value is -1.86. The molecule has 0 atom stereocenters. The SMILES string of the molecule is COC(=O)Cn1c(=NC(=O)c2cc(Cl)cc(Cl)c2)sc2ccc(Cl)c(C)c21. The van der Waals surface area contributed by atoms with Gasteiger partial charge < -0.3 is 9.30 Å². The molecule has 0 aliphatic heterocycles. The molecular weight excluding hydrogens is 431 g/mol. The van der Waals surface area contributed by atoms with Crippen molar-refractivity contribution in [2.45, 2.75) is 13.5 Å². The Balaban J connectivity index is 2.21. The molecule has 3 rings (SSSR count). The number of carbonyl (C=O) groups excluding carboxylic acids is 2. The van der Waals surface area contributed by atoms with E-state index in [4.69, 9.17) is 39.5 Å². The predicted molar refractivity (Wildman–Crippen MR) is 108 cm³/mol. The molecule has 1 aromatic heterocycles. The molecule has 0 aliphatic carbocycles. The number of ether oxygens (including phenoxy) is 1. The molecule has 2 aromatic carbocycles. The minimum Gasteiger partial charge on any atom is -0.468 e. The molecule has 3 aromatic rings. The van der Waals surface area contributed by atoms with Gasteiger partial charge in [0.05, 0.1) is 17.3 Å². The van der Waals surface area contributed by atoms with Crippen LogP contribution < -0.4 is 4.80 Å². The van der Waals surface area contributed by atoms with Gasteiger partial charge in [0.2, 0.25) is 0 Å². The van der Waals surface area contributed by atoms with Crippen LogP contribution in [0.2, 0.25) is 15.1 Å². The topological polar surface area (TPSA) is 60.7 Å². The van der Waals surface area contributed by atoms with Crippen LogP contribution in [0.1, 0.15) is 15.9 Å². The van der Waals surface area contributed by atoms with Crippen LogP contribution in [-0.4, -0.2) is 23.6 Å². The van der Waals surface area contributed by atoms with Crippen molar-refractivity contribution in [3.8, 4) is 0 Å². The van der Waals surface area contributed by atoms with Gasteiger partial charge >= 0.3 is 5.97 Å². The second-order valence-electron chi connectivity index (χ2n) is 5.64. The highest BCUT2D eigenvalue weighted by Gasteiger charge is 2.16. The molecule has 27 heavy (non-hydrogen) atoms. The summed E-state index contributed by atoms with van der Waals surface area (Å²) in [5, 5.41) is 1.23. The number of carbonyl (C=O) groups is 2. The quantitative estimate of drug-likeness (QED) is 0.542. The first-order valence-electron chi connectivity index (χ1n) is 7.70. The smallest absolute Gasteiger partial charge is 0.325 e. The second kappa shape index (κ2) is 8.02. The van der Waals surface area contributed by atoms with E-state index in [1.54, 1.807) is 10.6 Å². The van der Waals surface area contributed by atoms with Crippen LogP contribution >= 0.6 is 46.1 Å². The minimum atomic E-state index is -0.520. The van der Waals surface area contributed by atoms with Crippen LogP contribution in [-0.2, 0) is 16.1 Å². The van der Waals surface area contributed by atoms with Crippen molar-refractivity contribution in [1.82, 2.24) is 4.57 Å². The number of methoxy groups -OCH3 is 1. The van der Waals surface area contributed by atoms with Gasteiger partial charge in [-0.05, 0) is 42.8 Å². The van der Waals surface area contributed by atoms with E-state index in [0.29, 0.717) is 19.9 Å². The fraction of sp³-hybridized carbons (Fsp3) is 0.167. The minimum absolute atomic E-state index is 0.0971. The summed E-state index contributed by atoms with van der Waals surface area (Å²) in [6.07, 6.45) is 0. The first-order chi connectivity index (χ1) is 12.8. The van der Waals surface area contributed by atoms with E-state index >= 15 is 0 Å². The summed E-state index contributed by atoms with van der Waals surface area (Å²) in [5.41, 5.74) is 1.77. The Kier molecular flexibility index (Phi) is 5.91. The van der Waals surface area contributed by atoms with Crippen LogP contribution in [0, 0.1) is 6.92 Å². The van der Waals surface area contributed by atoms with Crippen LogP contribution in [0.5, 0.6) is 0 Å². The van der Waals surface area contributed by atoms with Crippen LogP contribution in [0.15, 0.2) is 35.3 Å². The van der Waals surface area contributed by atoms with E-state index < -0.39 is 11.9 Å². The van der Waals surface area contributed by atoms with E-state index in [9.17, 15) is 9.59 Å². The van der Waals surface area contributed by atoms with Gasteiger partial charge in [0.25, 0.3) is 5.91 Å². The van der Waals surface area contributed by atoms with Crippen LogP contribution in [0.4, 0.5) is 0 Å². The Morgan fingerprint density at radius 1 is 1.15 bits per heavy atom. The van der Waals surface area contributed by atoms with E-state index in [-0.39, 0.29) is 12.1 Å². The number of hydrogen-bond acceptors (Lipinski definition) is 4. The van der Waals surface area contributed by atoms with E-state index in [1.807, 2.05) is 13.0 Å². The molecule has 1 heterocycles. The molecule has 0 saturated carbocycles. The van der Waals surface area contributed by atoms with Gasteiger partial charge in [-0.15, -0.1) is 0 Å². The molecule has 0 aliphatic rings. The predicted octanol–water partition coefficient (Wildman–Crippen LogP) is 4.89. The van der Waals surface area contributed by atoms with Crippen LogP contribution in [0.3, 0.4) is 0 Å². The average Bonchev–Trinajstić information content (AvgIpc) is 2.95. The molecule has 0 bridgehead atoms. The third-order valence-electron chi connectivity index (χ3n) is 3.85. The maximum Gasteiger partial charge on any atom is 0.325 e. The van der Waals surface area contributed by atoms with Crippen molar-refractivity contribution in [3.63, 3.8) is 0 Å². The summed E-state index contributed by atoms with van der Waals surface area (Å²) >= 11 is 19.4. The number of hydrogen-bond donors (Lipinski definition) is 0. The van der Waals surface area contributed by atoms with Crippen molar-refractivity contribution in [1.29, 1.82) is 0 Å². The van der Waals surface area contributed by atoms with Crippen molar-refractivity contribution >= 4 is 68.2 Å². The third-order valence-corrected chi connectivity index (χ3v) is 5.74. The zero-order valence-electron chi connectivity index (χ0n) is 14.3. The third kappa shape index (κ3) is 4.19. The lowest BCUT2D eigenvalue weighted by Crippen LogP contribution is -2.22. The number of rotatable bonds is 3. The zero-order valence-corrected chi connectivity index (χ0v) is 17.3. The summed E-state index contributed by atoms with van der Waals surface area (Å²) in [7, 11) is 1.30. The molecule has 9 heteroatoms. The van der Waals surface area contributed by atoms with Gasteiger partial charge in [0, 0.05) is 20.6 Å². The molecule has 0 unspecified atom stereocenters. The number of aromatic nitrogens is 1. The largest absolute Gasteiger partial charge is 0.468 e. The summed E-state index contributed by atoms with van der Waals surface area (Å²) < 4.78 is 7.24. The number of benzene rings is 2. The Morgan fingerprint density at radius 2 is 1.81 bits per heavy atom. The monoisotopic (exact) mass is 442 g/mol. The summed E-state index contributed by atoms with van der Waals surface area (Å²) in [6, 6.07) is 8.09. The molecule has 0 spiro atoms. The number of amides is 1. The van der Waals surface area contributed by atoms with Gasteiger partial charge in [0.15, 0.2) is 4.80 Å². The lowest BCUT2D eigenvalue weighted by Gasteiger charge is -2.07. The lowest BCUT2D eigenvalue weighted by atomic mass is 10.2. The number of halogens is 3. The standard InChI is InChI=1S/C18H13Cl3N2O3S/c1-9-13(21)3-4-14-16(9)23(8-15(24)26-2)18(27-14)22-17(25)10-5-11(19)7-12(20)6-10/h3-7H,8H2,1-2H3. The van der Waals surface area contributed by atoms with Crippen molar-refractivity contribution in [3.05, 3.63) is 61.3 Å². The molecular formula is C18H13Cl3N2O3S. The molecule has 0 N–H and O–H groups in total. The number of aryl methyl sites for hydroxylation is 1. The maximum absolute atomic E-state index is 12.6. The Morgan fingerprint density at radius 3 is 2.44 bits per heavy atom. The molecule has 1 amide bonds. The van der Waals surface area contributed by atoms with Gasteiger partial charge in [-0.1, -0.05) is 46.1 Å². The van der Waals surface area contributed by atoms with Crippen molar-refractivity contribution in [2.24, 2.45) is 4.99 Å². The molecule has 5 nitrogen and oxygen atoms in total. The van der Waals surface area contributed by atoms with Gasteiger partial charge in [-0.2, -0.15) is 4.99 Å². The first kappa shape index (κ1) is 19.9. The zero-order chi connectivity index (χ0) is 19.7. The molecule has 0 saturated heterocycles. The molecule has 140 valence electrons. The van der Waals surface area contributed by atoms with Gasteiger partial charge in [-0.3, -0.25) is 9.59 Å². The number of esters is 1. The maximum atomic E-state index is 12.6. The van der Waals surface area contributed by atoms with Crippen LogP contribution in [0.25, 0.3) is 10.2 Å². The Labute approximate surface area is 173 Å². The van der Waals surface area contributed by atoms with E-state index in [0.717, 1.165) is 15.8 Å². The normalized spacial score (nSPS) is 11.8. The molecule has 0 radical (unpaired) electrons. The van der Waals surface area contributed by atoms with Crippen molar-refractivity contribution < 1.29 is 14.3 Å².